The van der Waals surface area contributed by atoms with Crippen LogP contribution in [-0.2, 0) is 30.4 Å². The van der Waals surface area contributed by atoms with Crippen LogP contribution in [0.1, 0.15) is 58.2 Å². The summed E-state index contributed by atoms with van der Waals surface area (Å²) in [6.45, 7) is 4.46. The molecule has 0 unspecified atom stereocenters. The Balaban J connectivity index is 1.31. The van der Waals surface area contributed by atoms with Gasteiger partial charge in [0.2, 0.25) is 5.91 Å². The van der Waals surface area contributed by atoms with E-state index >= 15 is 0 Å². The van der Waals surface area contributed by atoms with Gasteiger partial charge in [-0.05, 0) is 89.2 Å². The van der Waals surface area contributed by atoms with Crippen LogP contribution in [0.25, 0.3) is 22.0 Å². The molecule has 0 fully saturated rings. The molecule has 2 amide bonds. The number of carbonyl (C=O) groups excluding carboxylic acids is 2. The van der Waals surface area contributed by atoms with Crippen LogP contribution in [-0.4, -0.2) is 21.8 Å². The number of halogens is 3. The number of aromatic nitrogens is 2. The highest BCUT2D eigenvalue weighted by atomic mass is 19.4. The van der Waals surface area contributed by atoms with Crippen molar-refractivity contribution >= 4 is 28.5 Å². The van der Waals surface area contributed by atoms with Gasteiger partial charge in [0.25, 0.3) is 5.91 Å². The summed E-state index contributed by atoms with van der Waals surface area (Å²) in [5, 5.41) is 6.89. The molecule has 7 nitrogen and oxygen atoms in total. The van der Waals surface area contributed by atoms with E-state index < -0.39 is 29.6 Å². The summed E-state index contributed by atoms with van der Waals surface area (Å²) >= 11 is 0. The second-order valence-electron chi connectivity index (χ2n) is 10.6. The molecule has 0 aliphatic rings. The Kier molecular flexibility index (Phi) is 9.24. The second kappa shape index (κ2) is 13.3. The highest BCUT2D eigenvalue weighted by Crippen LogP contribution is 2.32. The fourth-order valence-electron chi connectivity index (χ4n) is 5.40. The predicted octanol–water partition coefficient (Wildman–Crippen LogP) is 7.01. The van der Waals surface area contributed by atoms with Crippen molar-refractivity contribution < 1.29 is 22.8 Å². The zero-order valence-corrected chi connectivity index (χ0v) is 24.8. The molecule has 2 heterocycles. The minimum absolute atomic E-state index is 0.301. The van der Waals surface area contributed by atoms with E-state index in [4.69, 9.17) is 5.73 Å². The van der Waals surface area contributed by atoms with Gasteiger partial charge >= 0.3 is 6.18 Å². The van der Waals surface area contributed by atoms with Gasteiger partial charge in [0.15, 0.2) is 0 Å². The van der Waals surface area contributed by atoms with Crippen LogP contribution in [0.2, 0.25) is 0 Å². The molecule has 0 aliphatic carbocycles. The van der Waals surface area contributed by atoms with Crippen molar-refractivity contribution in [1.29, 1.82) is 0 Å². The molecular formula is C35H32F3N5O2. The largest absolute Gasteiger partial charge is 0.416 e. The highest BCUT2D eigenvalue weighted by molar-refractivity contribution is 6.08. The summed E-state index contributed by atoms with van der Waals surface area (Å²) in [4.78, 5) is 34.7. The second-order valence-corrected chi connectivity index (χ2v) is 10.6. The number of amides is 2. The average molecular weight is 612 g/mol. The van der Waals surface area contributed by atoms with E-state index in [1.165, 1.54) is 12.1 Å². The van der Waals surface area contributed by atoms with Crippen LogP contribution in [0.3, 0.4) is 0 Å². The van der Waals surface area contributed by atoms with E-state index in [2.05, 4.69) is 27.5 Å². The molecule has 0 radical (unpaired) electrons. The lowest BCUT2D eigenvalue weighted by Gasteiger charge is -2.20. The number of pyridine rings is 2. The molecule has 4 N–H and O–H groups in total. The molecular weight excluding hydrogens is 579 g/mol. The number of rotatable bonds is 10. The molecule has 10 heteroatoms. The van der Waals surface area contributed by atoms with Gasteiger partial charge in [-0.2, -0.15) is 13.2 Å². The summed E-state index contributed by atoms with van der Waals surface area (Å²) in [7, 11) is 0. The fourth-order valence-corrected chi connectivity index (χ4v) is 5.40. The maximum Gasteiger partial charge on any atom is 0.416 e. The molecule has 5 aromatic rings. The van der Waals surface area contributed by atoms with Crippen LogP contribution in [0.15, 0.2) is 91.1 Å². The fraction of sp³-hybridized carbons (Fsp3) is 0.200. The minimum atomic E-state index is -4.45. The normalized spacial score (nSPS) is 12.2. The van der Waals surface area contributed by atoms with Gasteiger partial charge in [-0.3, -0.25) is 19.9 Å². The van der Waals surface area contributed by atoms with Gasteiger partial charge in [0.1, 0.15) is 11.9 Å². The van der Waals surface area contributed by atoms with Gasteiger partial charge in [0, 0.05) is 23.7 Å². The van der Waals surface area contributed by atoms with Crippen molar-refractivity contribution in [1.82, 2.24) is 15.3 Å². The van der Waals surface area contributed by atoms with E-state index in [1.807, 2.05) is 37.3 Å². The first-order valence-electron chi connectivity index (χ1n) is 14.6. The number of nitrogens with two attached hydrogens (primary N) is 1. The SMILES string of the molecule is CCc1ccnc([C@H](NCc2ccc3nc(NC(=O)c4ccccc4-c4ccc(C(F)(F)F)cc4)ccc3c2)C(N)=O)c1CC. The number of alkyl halides is 3. The average Bonchev–Trinajstić information content (AvgIpc) is 3.04. The highest BCUT2D eigenvalue weighted by Gasteiger charge is 2.30. The summed E-state index contributed by atoms with van der Waals surface area (Å²) in [5.74, 6) is -0.626. The van der Waals surface area contributed by atoms with E-state index in [-0.39, 0.29) is 0 Å². The smallest absolute Gasteiger partial charge is 0.368 e. The standard InChI is InChI=1S/C35H32F3N5O2/c1-3-22-17-18-40-31(26(22)4-2)32(33(39)44)41-20-21-9-15-29-24(19-21)12-16-30(42-29)43-34(45)28-8-6-5-7-27(28)23-10-13-25(14-11-23)35(36,37)38/h5-19,32,41H,3-4,20H2,1-2H3,(H2,39,44)(H,42,43,45)/t32-/m0/s1. The van der Waals surface area contributed by atoms with Gasteiger partial charge in [-0.15, -0.1) is 0 Å². The van der Waals surface area contributed by atoms with E-state index in [0.29, 0.717) is 40.3 Å². The number of hydrogen-bond acceptors (Lipinski definition) is 5. The Labute approximate surface area is 258 Å². The van der Waals surface area contributed by atoms with E-state index in [9.17, 15) is 22.8 Å². The number of carbonyl (C=O) groups is 2. The lowest BCUT2D eigenvalue weighted by atomic mass is 9.97. The summed E-state index contributed by atoms with van der Waals surface area (Å²) in [6.07, 6.45) is -1.18. The third-order valence-electron chi connectivity index (χ3n) is 7.68. The van der Waals surface area contributed by atoms with Crippen molar-refractivity contribution in [2.75, 3.05) is 5.32 Å². The zero-order chi connectivity index (χ0) is 32.1. The van der Waals surface area contributed by atoms with Crippen LogP contribution in [0, 0.1) is 0 Å². The lowest BCUT2D eigenvalue weighted by Crippen LogP contribution is -2.35. The van der Waals surface area contributed by atoms with Crippen molar-refractivity contribution in [3.05, 3.63) is 125 Å². The topological polar surface area (TPSA) is 110 Å². The number of benzene rings is 3. The van der Waals surface area contributed by atoms with Crippen LogP contribution in [0.4, 0.5) is 19.0 Å². The molecule has 0 saturated heterocycles. The van der Waals surface area contributed by atoms with Crippen molar-refractivity contribution in [2.45, 2.75) is 45.5 Å². The molecule has 5 rings (SSSR count). The summed E-state index contributed by atoms with van der Waals surface area (Å²) in [5.41, 5.74) is 10.7. The molecule has 0 aliphatic heterocycles. The van der Waals surface area contributed by atoms with Gasteiger partial charge < -0.3 is 11.1 Å². The van der Waals surface area contributed by atoms with Crippen LogP contribution < -0.4 is 16.4 Å². The van der Waals surface area contributed by atoms with Crippen molar-refractivity contribution in [2.24, 2.45) is 5.73 Å². The maximum atomic E-state index is 13.2. The first-order chi connectivity index (χ1) is 21.6. The van der Waals surface area contributed by atoms with E-state index in [1.54, 1.807) is 36.5 Å². The zero-order valence-electron chi connectivity index (χ0n) is 24.8. The number of nitrogens with zero attached hydrogens (tertiary/aromatic N) is 2. The first-order valence-corrected chi connectivity index (χ1v) is 14.6. The van der Waals surface area contributed by atoms with Crippen molar-refractivity contribution in [3.63, 3.8) is 0 Å². The Morgan fingerprint density at radius 1 is 0.911 bits per heavy atom. The van der Waals surface area contributed by atoms with Gasteiger partial charge in [-0.25, -0.2) is 4.98 Å². The molecule has 1 atom stereocenters. The lowest BCUT2D eigenvalue weighted by molar-refractivity contribution is -0.137. The van der Waals surface area contributed by atoms with Crippen LogP contribution in [0.5, 0.6) is 0 Å². The number of aryl methyl sites for hydroxylation is 1. The monoisotopic (exact) mass is 611 g/mol. The third kappa shape index (κ3) is 7.02. The molecule has 45 heavy (non-hydrogen) atoms. The predicted molar refractivity (Wildman–Crippen MR) is 168 cm³/mol. The number of fused-ring (bicyclic) bond motifs is 1. The number of nitrogens with one attached hydrogen (secondary N) is 2. The molecule has 0 spiro atoms. The summed E-state index contributed by atoms with van der Waals surface area (Å²) < 4.78 is 39.1. The Morgan fingerprint density at radius 2 is 1.67 bits per heavy atom. The maximum absolute atomic E-state index is 13.2. The number of primary amides is 1. The Bertz CT molecular complexity index is 1860. The number of anilines is 1. The first kappa shape index (κ1) is 31.3. The molecule has 0 saturated carbocycles. The molecule has 230 valence electrons. The third-order valence-corrected chi connectivity index (χ3v) is 7.68. The molecule has 2 aromatic heterocycles. The quantitative estimate of drug-likeness (QED) is 0.157. The van der Waals surface area contributed by atoms with E-state index in [0.717, 1.165) is 47.1 Å². The summed E-state index contributed by atoms with van der Waals surface area (Å²) in [6, 6.07) is 21.8. The molecule has 3 aromatic carbocycles. The van der Waals surface area contributed by atoms with Gasteiger partial charge in [-0.1, -0.05) is 50.2 Å². The Morgan fingerprint density at radius 3 is 2.36 bits per heavy atom. The van der Waals surface area contributed by atoms with Crippen molar-refractivity contribution in [3.8, 4) is 11.1 Å². The molecule has 0 bridgehead atoms. The number of hydrogen-bond donors (Lipinski definition) is 3. The minimum Gasteiger partial charge on any atom is -0.368 e. The van der Waals surface area contributed by atoms with Gasteiger partial charge in [0.05, 0.1) is 16.8 Å². The Hall–Kier alpha value is -5.09. The van der Waals surface area contributed by atoms with Crippen LogP contribution >= 0.6 is 0 Å².